The number of hydrogen-bond donors (Lipinski definition) is 1. The van der Waals surface area contributed by atoms with Crippen molar-refractivity contribution in [3.8, 4) is 0 Å². The van der Waals surface area contributed by atoms with Gasteiger partial charge in [0, 0.05) is 22.7 Å². The molecule has 0 bridgehead atoms. The first-order valence-corrected chi connectivity index (χ1v) is 7.01. The van der Waals surface area contributed by atoms with Crippen molar-refractivity contribution in [2.75, 3.05) is 13.2 Å². The molecule has 0 spiro atoms. The summed E-state index contributed by atoms with van der Waals surface area (Å²) in [6.07, 6.45) is 9.09. The van der Waals surface area contributed by atoms with Crippen molar-refractivity contribution < 1.29 is 4.74 Å². The number of fused-ring (bicyclic) bond motifs is 1. The molecule has 0 radical (unpaired) electrons. The number of allylic oxidation sites excluding steroid dienone is 5. The molecule has 1 aromatic rings. The van der Waals surface area contributed by atoms with E-state index in [4.69, 9.17) is 10.5 Å². The van der Waals surface area contributed by atoms with Gasteiger partial charge in [0.25, 0.3) is 0 Å². The van der Waals surface area contributed by atoms with Crippen LogP contribution in [-0.2, 0) is 11.2 Å². The molecule has 1 atom stereocenters. The Labute approximate surface area is 112 Å². The number of hydrogen-bond acceptors (Lipinski definition) is 3. The summed E-state index contributed by atoms with van der Waals surface area (Å²) in [5, 5.41) is 0. The highest BCUT2D eigenvalue weighted by atomic mass is 32.1. The van der Waals surface area contributed by atoms with Crippen LogP contribution in [0.3, 0.4) is 0 Å². The monoisotopic (exact) mass is 261 g/mol. The average Bonchev–Trinajstić information content (AvgIpc) is 2.83. The molecule has 2 N–H and O–H groups in total. The fourth-order valence-electron chi connectivity index (χ4n) is 2.08. The van der Waals surface area contributed by atoms with Crippen LogP contribution in [0.25, 0.3) is 5.57 Å². The van der Waals surface area contributed by atoms with E-state index in [1.165, 1.54) is 15.3 Å². The van der Waals surface area contributed by atoms with Crippen molar-refractivity contribution in [2.45, 2.75) is 19.4 Å². The van der Waals surface area contributed by atoms with Gasteiger partial charge in [0.2, 0.25) is 0 Å². The van der Waals surface area contributed by atoms with Crippen LogP contribution in [0.5, 0.6) is 0 Å². The minimum absolute atomic E-state index is 0.0616. The van der Waals surface area contributed by atoms with Crippen LogP contribution in [0.15, 0.2) is 36.9 Å². The Balaban J connectivity index is 2.36. The van der Waals surface area contributed by atoms with E-state index in [0.717, 1.165) is 18.6 Å². The van der Waals surface area contributed by atoms with Crippen molar-refractivity contribution in [3.05, 3.63) is 52.3 Å². The molecule has 1 unspecified atom stereocenters. The van der Waals surface area contributed by atoms with E-state index >= 15 is 0 Å². The lowest BCUT2D eigenvalue weighted by Gasteiger charge is -2.21. The maximum atomic E-state index is 5.75. The number of thiophene rings is 1. The van der Waals surface area contributed by atoms with Crippen molar-refractivity contribution >= 4 is 16.9 Å². The number of nitrogens with two attached hydrogens (primary N) is 1. The second-order valence-corrected chi connectivity index (χ2v) is 5.32. The van der Waals surface area contributed by atoms with Crippen LogP contribution < -0.4 is 5.73 Å². The molecular formula is C15H19NOS. The van der Waals surface area contributed by atoms with Gasteiger partial charge < -0.3 is 10.5 Å². The fourth-order valence-corrected chi connectivity index (χ4v) is 3.30. The lowest BCUT2D eigenvalue weighted by atomic mass is 10.0. The first-order valence-electron chi connectivity index (χ1n) is 6.20. The highest BCUT2D eigenvalue weighted by Gasteiger charge is 2.22. The SMILES string of the molecule is C=C/C(=C\C=C/C)c1cc2c(s1)CCOC2CN. The Hall–Kier alpha value is -1.16. The topological polar surface area (TPSA) is 35.2 Å². The molecule has 0 aromatic carbocycles. The highest BCUT2D eigenvalue weighted by Crippen LogP contribution is 2.36. The van der Waals surface area contributed by atoms with E-state index in [2.05, 4.69) is 18.7 Å². The Bertz CT molecular complexity index is 485. The zero-order valence-electron chi connectivity index (χ0n) is 10.7. The first-order chi connectivity index (χ1) is 8.80. The number of ether oxygens (including phenoxy) is 1. The smallest absolute Gasteiger partial charge is 0.0958 e. The lowest BCUT2D eigenvalue weighted by molar-refractivity contribution is 0.0498. The Morgan fingerprint density at radius 3 is 3.17 bits per heavy atom. The van der Waals surface area contributed by atoms with Crippen LogP contribution in [0.2, 0.25) is 0 Å². The van der Waals surface area contributed by atoms with E-state index in [-0.39, 0.29) is 6.10 Å². The minimum atomic E-state index is 0.0616. The summed E-state index contributed by atoms with van der Waals surface area (Å²) < 4.78 is 5.68. The largest absolute Gasteiger partial charge is 0.372 e. The summed E-state index contributed by atoms with van der Waals surface area (Å²) in [7, 11) is 0. The van der Waals surface area contributed by atoms with Gasteiger partial charge in [0.1, 0.15) is 0 Å². The molecule has 18 heavy (non-hydrogen) atoms. The molecule has 1 aliphatic heterocycles. The van der Waals surface area contributed by atoms with Gasteiger partial charge in [-0.05, 0) is 24.1 Å². The van der Waals surface area contributed by atoms with Crippen molar-refractivity contribution in [3.63, 3.8) is 0 Å². The molecular weight excluding hydrogens is 242 g/mol. The van der Waals surface area contributed by atoms with Gasteiger partial charge >= 0.3 is 0 Å². The molecule has 0 saturated heterocycles. The predicted octanol–water partition coefficient (Wildman–Crippen LogP) is 3.47. The summed E-state index contributed by atoms with van der Waals surface area (Å²) in [5.41, 5.74) is 8.17. The first kappa shape index (κ1) is 13.3. The minimum Gasteiger partial charge on any atom is -0.372 e. The molecule has 1 aromatic heterocycles. The maximum Gasteiger partial charge on any atom is 0.0958 e. The summed E-state index contributed by atoms with van der Waals surface area (Å²) in [6.45, 7) is 7.21. The van der Waals surface area contributed by atoms with E-state index in [1.807, 2.05) is 36.5 Å². The van der Waals surface area contributed by atoms with Gasteiger partial charge in [-0.1, -0.05) is 30.9 Å². The molecule has 1 aliphatic rings. The van der Waals surface area contributed by atoms with Crippen LogP contribution >= 0.6 is 11.3 Å². The van der Waals surface area contributed by atoms with Crippen molar-refractivity contribution in [2.24, 2.45) is 5.73 Å². The Kier molecular flexibility index (Phi) is 4.53. The summed E-state index contributed by atoms with van der Waals surface area (Å²) >= 11 is 1.83. The number of rotatable bonds is 4. The van der Waals surface area contributed by atoms with Crippen LogP contribution in [-0.4, -0.2) is 13.2 Å². The molecule has 0 amide bonds. The maximum absolute atomic E-state index is 5.75. The molecule has 2 heterocycles. The standard InChI is InChI=1S/C15H19NOS/c1-3-5-6-11(4-2)15-9-12-13(10-16)17-8-7-14(12)18-15/h3-6,9,13H,2,7-8,10,16H2,1H3/b5-3-,11-6+. The van der Waals surface area contributed by atoms with Gasteiger partial charge in [-0.25, -0.2) is 0 Å². The summed E-state index contributed by atoms with van der Waals surface area (Å²) in [5.74, 6) is 0. The predicted molar refractivity (Wildman–Crippen MR) is 78.8 cm³/mol. The van der Waals surface area contributed by atoms with E-state index in [9.17, 15) is 0 Å². The lowest BCUT2D eigenvalue weighted by Crippen LogP contribution is -2.21. The quantitative estimate of drug-likeness (QED) is 0.842. The zero-order valence-corrected chi connectivity index (χ0v) is 11.5. The van der Waals surface area contributed by atoms with Crippen molar-refractivity contribution in [1.29, 1.82) is 0 Å². The highest BCUT2D eigenvalue weighted by molar-refractivity contribution is 7.13. The second kappa shape index (κ2) is 6.14. The molecule has 2 rings (SSSR count). The van der Waals surface area contributed by atoms with Gasteiger partial charge in [0.15, 0.2) is 0 Å². The van der Waals surface area contributed by atoms with Crippen LogP contribution in [0, 0.1) is 0 Å². The van der Waals surface area contributed by atoms with E-state index in [0.29, 0.717) is 6.54 Å². The van der Waals surface area contributed by atoms with E-state index in [1.54, 1.807) is 0 Å². The van der Waals surface area contributed by atoms with E-state index < -0.39 is 0 Å². The van der Waals surface area contributed by atoms with Crippen LogP contribution in [0.1, 0.15) is 28.3 Å². The summed E-state index contributed by atoms with van der Waals surface area (Å²) in [6, 6.07) is 2.20. The third kappa shape index (κ3) is 2.64. The third-order valence-electron chi connectivity index (χ3n) is 3.02. The molecule has 96 valence electrons. The van der Waals surface area contributed by atoms with Gasteiger partial charge in [-0.2, -0.15) is 0 Å². The molecule has 0 saturated carbocycles. The molecule has 3 heteroatoms. The summed E-state index contributed by atoms with van der Waals surface area (Å²) in [4.78, 5) is 2.65. The zero-order chi connectivity index (χ0) is 13.0. The third-order valence-corrected chi connectivity index (χ3v) is 4.28. The molecule has 2 nitrogen and oxygen atoms in total. The second-order valence-electron chi connectivity index (χ2n) is 4.19. The Morgan fingerprint density at radius 1 is 1.67 bits per heavy atom. The van der Waals surface area contributed by atoms with Crippen LogP contribution in [0.4, 0.5) is 0 Å². The molecule has 0 aliphatic carbocycles. The van der Waals surface area contributed by atoms with Crippen molar-refractivity contribution in [1.82, 2.24) is 0 Å². The van der Waals surface area contributed by atoms with Gasteiger partial charge in [-0.3, -0.25) is 0 Å². The van der Waals surface area contributed by atoms with Gasteiger partial charge in [0.05, 0.1) is 12.7 Å². The molecule has 0 fully saturated rings. The fraction of sp³-hybridized carbons (Fsp3) is 0.333. The Morgan fingerprint density at radius 2 is 2.50 bits per heavy atom. The van der Waals surface area contributed by atoms with Gasteiger partial charge in [-0.15, -0.1) is 11.3 Å². The average molecular weight is 261 g/mol. The normalized spacial score (nSPS) is 20.1.